The first-order valence-electron chi connectivity index (χ1n) is 6.16. The second-order valence-corrected chi connectivity index (χ2v) is 6.08. The molecule has 0 aliphatic carbocycles. The molecule has 2 aromatic rings. The molecule has 104 valence electrons. The Morgan fingerprint density at radius 3 is 2.62 bits per heavy atom. The first-order chi connectivity index (χ1) is 10.1. The Bertz CT molecular complexity index is 766. The molecule has 0 aromatic heterocycles. The summed E-state index contributed by atoms with van der Waals surface area (Å²) in [6.07, 6.45) is 1.68. The van der Waals surface area contributed by atoms with Crippen LogP contribution in [0.4, 0.5) is 0 Å². The lowest BCUT2D eigenvalue weighted by atomic mass is 10.2. The van der Waals surface area contributed by atoms with Crippen molar-refractivity contribution in [3.05, 3.63) is 73.9 Å². The van der Waals surface area contributed by atoms with Crippen molar-refractivity contribution in [1.82, 2.24) is 0 Å². The number of carbonyl (C=O) groups is 1. The molecule has 3 rings (SSSR count). The topological polar surface area (TPSA) is 38.7 Å². The lowest BCUT2D eigenvalue weighted by Gasteiger charge is -1.99. The smallest absolute Gasteiger partial charge is 0.363 e. The normalized spacial score (nSPS) is 16.0. The molecule has 0 radical (unpaired) electrons. The van der Waals surface area contributed by atoms with Crippen molar-refractivity contribution in [3.63, 3.8) is 0 Å². The average Bonchev–Trinajstić information content (AvgIpc) is 2.83. The van der Waals surface area contributed by atoms with E-state index in [2.05, 4.69) is 27.6 Å². The third kappa shape index (κ3) is 3.33. The number of benzene rings is 2. The van der Waals surface area contributed by atoms with Crippen molar-refractivity contribution in [2.45, 2.75) is 0 Å². The van der Waals surface area contributed by atoms with Crippen molar-refractivity contribution >= 4 is 52.1 Å². The summed E-state index contributed by atoms with van der Waals surface area (Å²) in [5.41, 5.74) is 1.92. The second kappa shape index (κ2) is 5.99. The van der Waals surface area contributed by atoms with Crippen LogP contribution in [0.3, 0.4) is 0 Å². The molecule has 0 fully saturated rings. The van der Waals surface area contributed by atoms with Crippen molar-refractivity contribution in [3.8, 4) is 0 Å². The van der Waals surface area contributed by atoms with Gasteiger partial charge in [-0.25, -0.2) is 9.79 Å². The fourth-order valence-corrected chi connectivity index (χ4v) is 2.54. The predicted octanol–water partition coefficient (Wildman–Crippen LogP) is 4.29. The van der Waals surface area contributed by atoms with E-state index in [1.807, 2.05) is 36.4 Å². The van der Waals surface area contributed by atoms with Crippen LogP contribution in [0.1, 0.15) is 11.1 Å². The average molecular weight is 410 g/mol. The second-order valence-electron chi connectivity index (χ2n) is 4.40. The van der Waals surface area contributed by atoms with E-state index in [-0.39, 0.29) is 5.70 Å². The van der Waals surface area contributed by atoms with E-state index >= 15 is 0 Å². The van der Waals surface area contributed by atoms with Crippen molar-refractivity contribution < 1.29 is 9.53 Å². The summed E-state index contributed by atoms with van der Waals surface area (Å²) in [6, 6.07) is 14.8. The molecular formula is C16H9ClINO2. The summed E-state index contributed by atoms with van der Waals surface area (Å²) in [5.74, 6) is -0.113. The molecule has 0 N–H and O–H groups in total. The van der Waals surface area contributed by atoms with Gasteiger partial charge in [0.05, 0.1) is 0 Å². The molecular weight excluding hydrogens is 401 g/mol. The number of hydrogen-bond donors (Lipinski definition) is 0. The monoisotopic (exact) mass is 409 g/mol. The van der Waals surface area contributed by atoms with Gasteiger partial charge in [0, 0.05) is 14.2 Å². The number of ether oxygens (including phenoxy) is 1. The van der Waals surface area contributed by atoms with Gasteiger partial charge < -0.3 is 4.74 Å². The summed E-state index contributed by atoms with van der Waals surface area (Å²) in [5, 5.41) is 0.647. The highest BCUT2D eigenvalue weighted by molar-refractivity contribution is 14.1. The highest BCUT2D eigenvalue weighted by Crippen LogP contribution is 2.20. The van der Waals surface area contributed by atoms with E-state index in [4.69, 9.17) is 16.3 Å². The molecule has 21 heavy (non-hydrogen) atoms. The van der Waals surface area contributed by atoms with Crippen LogP contribution in [0.2, 0.25) is 5.02 Å². The van der Waals surface area contributed by atoms with E-state index in [1.54, 1.807) is 18.2 Å². The van der Waals surface area contributed by atoms with E-state index in [0.717, 1.165) is 14.7 Å². The minimum Gasteiger partial charge on any atom is -0.402 e. The minimum atomic E-state index is -0.446. The molecule has 0 atom stereocenters. The molecule has 0 saturated carbocycles. The van der Waals surface area contributed by atoms with Crippen LogP contribution in [0.15, 0.2) is 59.2 Å². The van der Waals surface area contributed by atoms with E-state index in [0.29, 0.717) is 10.9 Å². The minimum absolute atomic E-state index is 0.284. The fourth-order valence-electron chi connectivity index (χ4n) is 1.87. The molecule has 0 amide bonds. The number of nitrogens with zero attached hydrogens (tertiary/aromatic N) is 1. The van der Waals surface area contributed by atoms with Gasteiger partial charge in [0.15, 0.2) is 5.70 Å². The van der Waals surface area contributed by atoms with Gasteiger partial charge >= 0.3 is 5.97 Å². The Labute approximate surface area is 140 Å². The Morgan fingerprint density at radius 1 is 1.14 bits per heavy atom. The van der Waals surface area contributed by atoms with Gasteiger partial charge in [-0.05, 0) is 64.6 Å². The molecule has 1 aliphatic heterocycles. The highest BCUT2D eigenvalue weighted by Gasteiger charge is 2.24. The van der Waals surface area contributed by atoms with Crippen molar-refractivity contribution in [1.29, 1.82) is 0 Å². The SMILES string of the molecule is O=C1OC(c2cccc(I)c2)=NC1=Cc1ccc(Cl)cc1. The largest absolute Gasteiger partial charge is 0.402 e. The Hall–Kier alpha value is -1.66. The lowest BCUT2D eigenvalue weighted by Crippen LogP contribution is -2.05. The number of hydrogen-bond acceptors (Lipinski definition) is 3. The van der Waals surface area contributed by atoms with Gasteiger partial charge in [0.1, 0.15) is 0 Å². The zero-order valence-corrected chi connectivity index (χ0v) is 13.6. The summed E-state index contributed by atoms with van der Waals surface area (Å²) < 4.78 is 6.28. The van der Waals surface area contributed by atoms with Gasteiger partial charge in [0.25, 0.3) is 0 Å². The summed E-state index contributed by atoms with van der Waals surface area (Å²) in [4.78, 5) is 16.1. The van der Waals surface area contributed by atoms with Gasteiger partial charge in [-0.15, -0.1) is 0 Å². The Balaban J connectivity index is 1.93. The van der Waals surface area contributed by atoms with Crippen LogP contribution in [0.5, 0.6) is 0 Å². The lowest BCUT2D eigenvalue weighted by molar-refractivity contribution is -0.129. The Morgan fingerprint density at radius 2 is 1.90 bits per heavy atom. The third-order valence-electron chi connectivity index (χ3n) is 2.87. The molecule has 0 unspecified atom stereocenters. The van der Waals surface area contributed by atoms with Crippen LogP contribution in [-0.4, -0.2) is 11.9 Å². The van der Waals surface area contributed by atoms with Crippen LogP contribution in [-0.2, 0) is 9.53 Å². The molecule has 3 nitrogen and oxygen atoms in total. The number of cyclic esters (lactones) is 1. The fraction of sp³-hybridized carbons (Fsp3) is 0. The molecule has 2 aromatic carbocycles. The van der Waals surface area contributed by atoms with Crippen molar-refractivity contribution in [2.24, 2.45) is 4.99 Å². The maximum atomic E-state index is 11.9. The maximum absolute atomic E-state index is 11.9. The molecule has 0 saturated heterocycles. The van der Waals surface area contributed by atoms with Gasteiger partial charge in [-0.3, -0.25) is 0 Å². The number of aliphatic imine (C=N–C) groups is 1. The third-order valence-corrected chi connectivity index (χ3v) is 3.79. The maximum Gasteiger partial charge on any atom is 0.363 e. The zero-order chi connectivity index (χ0) is 14.8. The quantitative estimate of drug-likeness (QED) is 0.422. The molecule has 5 heteroatoms. The zero-order valence-electron chi connectivity index (χ0n) is 10.7. The molecule has 1 heterocycles. The van der Waals surface area contributed by atoms with E-state index in [9.17, 15) is 4.79 Å². The van der Waals surface area contributed by atoms with Crippen LogP contribution in [0.25, 0.3) is 6.08 Å². The number of rotatable bonds is 2. The Kier molecular flexibility index (Phi) is 4.07. The molecule has 1 aliphatic rings. The van der Waals surface area contributed by atoms with Crippen LogP contribution in [0, 0.1) is 3.57 Å². The number of carbonyl (C=O) groups excluding carboxylic acids is 1. The van der Waals surface area contributed by atoms with Gasteiger partial charge in [0.2, 0.25) is 5.90 Å². The first kappa shape index (κ1) is 14.3. The van der Waals surface area contributed by atoms with Crippen LogP contribution < -0.4 is 0 Å². The van der Waals surface area contributed by atoms with Crippen molar-refractivity contribution in [2.75, 3.05) is 0 Å². The summed E-state index contributed by atoms with van der Waals surface area (Å²) in [7, 11) is 0. The van der Waals surface area contributed by atoms with Gasteiger partial charge in [-0.2, -0.15) is 0 Å². The number of esters is 1. The molecule has 0 bridgehead atoms. The highest BCUT2D eigenvalue weighted by atomic mass is 127. The summed E-state index contributed by atoms with van der Waals surface area (Å²) in [6.45, 7) is 0. The van der Waals surface area contributed by atoms with E-state index < -0.39 is 5.97 Å². The predicted molar refractivity (Wildman–Crippen MR) is 91.2 cm³/mol. The van der Waals surface area contributed by atoms with Crippen LogP contribution >= 0.6 is 34.2 Å². The molecule has 0 spiro atoms. The first-order valence-corrected chi connectivity index (χ1v) is 7.61. The van der Waals surface area contributed by atoms with Gasteiger partial charge in [-0.1, -0.05) is 29.8 Å². The standard InChI is InChI=1S/C16H9ClINO2/c17-12-6-4-10(5-7-12)8-14-16(20)21-15(19-14)11-2-1-3-13(18)9-11/h1-9H. The summed E-state index contributed by atoms with van der Waals surface area (Å²) >= 11 is 8.04. The van der Waals surface area contributed by atoms with E-state index in [1.165, 1.54) is 0 Å². The number of halogens is 2.